The molecule has 0 aliphatic carbocycles. The highest BCUT2D eigenvalue weighted by molar-refractivity contribution is 6.01. The fourth-order valence-corrected chi connectivity index (χ4v) is 3.34. The fraction of sp³-hybridized carbons (Fsp3) is 0.375. The van der Waals surface area contributed by atoms with Crippen LogP contribution in [0, 0.1) is 0 Å². The molecule has 5 heteroatoms. The lowest BCUT2D eigenvalue weighted by Crippen LogP contribution is -2.28. The summed E-state index contributed by atoms with van der Waals surface area (Å²) < 4.78 is 0. The first-order valence-corrected chi connectivity index (χ1v) is 10.0. The Morgan fingerprint density at radius 3 is 2.00 bits per heavy atom. The van der Waals surface area contributed by atoms with Crippen molar-refractivity contribution in [2.45, 2.75) is 52.0 Å². The van der Waals surface area contributed by atoms with Crippen molar-refractivity contribution in [3.8, 4) is 0 Å². The Balaban J connectivity index is 1.49. The second-order valence-electron chi connectivity index (χ2n) is 8.52. The number of hydrogen-bond acceptors (Lipinski definition) is 3. The first kappa shape index (κ1) is 20.8. The summed E-state index contributed by atoms with van der Waals surface area (Å²) in [6.07, 6.45) is 1.35. The number of carbonyl (C=O) groups is 3. The van der Waals surface area contributed by atoms with E-state index in [0.29, 0.717) is 12.1 Å². The average Bonchev–Trinajstić information content (AvgIpc) is 3.00. The van der Waals surface area contributed by atoms with Crippen LogP contribution in [0.4, 0.5) is 0 Å². The van der Waals surface area contributed by atoms with Crippen LogP contribution < -0.4 is 5.32 Å². The van der Waals surface area contributed by atoms with Crippen molar-refractivity contribution in [2.75, 3.05) is 6.54 Å². The maximum absolute atomic E-state index is 12.4. The quantitative estimate of drug-likeness (QED) is 0.764. The van der Waals surface area contributed by atoms with E-state index in [4.69, 9.17) is 0 Å². The van der Waals surface area contributed by atoms with Crippen LogP contribution in [0.25, 0.3) is 0 Å². The molecule has 1 aliphatic heterocycles. The van der Waals surface area contributed by atoms with Gasteiger partial charge in [-0.15, -0.1) is 0 Å². The van der Waals surface area contributed by atoms with Crippen LogP contribution in [0.3, 0.4) is 0 Å². The molecule has 0 aromatic heterocycles. The Bertz CT molecular complexity index is 877. The third-order valence-corrected chi connectivity index (χ3v) is 5.23. The van der Waals surface area contributed by atoms with Gasteiger partial charge in [0.25, 0.3) is 5.91 Å². The van der Waals surface area contributed by atoms with Crippen LogP contribution in [0.5, 0.6) is 0 Å². The fourth-order valence-electron chi connectivity index (χ4n) is 3.34. The van der Waals surface area contributed by atoms with Gasteiger partial charge in [0.15, 0.2) is 0 Å². The molecule has 3 rings (SSSR count). The summed E-state index contributed by atoms with van der Waals surface area (Å²) in [6, 6.07) is 15.6. The van der Waals surface area contributed by atoms with Crippen molar-refractivity contribution < 1.29 is 14.4 Å². The van der Waals surface area contributed by atoms with Crippen LogP contribution in [0.2, 0.25) is 0 Å². The highest BCUT2D eigenvalue weighted by Gasteiger charge is 2.28. The topological polar surface area (TPSA) is 66.5 Å². The van der Waals surface area contributed by atoms with Crippen LogP contribution in [0.15, 0.2) is 48.5 Å². The highest BCUT2D eigenvalue weighted by atomic mass is 16.2. The van der Waals surface area contributed by atoms with E-state index in [1.807, 2.05) is 0 Å². The van der Waals surface area contributed by atoms with Crippen molar-refractivity contribution in [1.82, 2.24) is 10.2 Å². The number of nitrogens with zero attached hydrogens (tertiary/aromatic N) is 1. The Kier molecular flexibility index (Phi) is 6.16. The number of amides is 3. The van der Waals surface area contributed by atoms with E-state index in [0.717, 1.165) is 12.0 Å². The molecule has 2 aromatic rings. The first-order valence-electron chi connectivity index (χ1n) is 10.0. The number of hydrogen-bond donors (Lipinski definition) is 1. The number of imide groups is 1. The summed E-state index contributed by atoms with van der Waals surface area (Å²) in [5.41, 5.74) is 4.02. The summed E-state index contributed by atoms with van der Waals surface area (Å²) in [4.78, 5) is 37.0. The van der Waals surface area contributed by atoms with Crippen LogP contribution in [-0.2, 0) is 28.0 Å². The minimum Gasteiger partial charge on any atom is -0.352 e. The summed E-state index contributed by atoms with van der Waals surface area (Å²) in [7, 11) is 0. The van der Waals surface area contributed by atoms with Crippen molar-refractivity contribution in [2.24, 2.45) is 0 Å². The third-order valence-electron chi connectivity index (χ3n) is 5.23. The minimum atomic E-state index is -0.132. The van der Waals surface area contributed by atoms with E-state index in [2.05, 4.69) is 50.4 Å². The van der Waals surface area contributed by atoms with E-state index < -0.39 is 0 Å². The van der Waals surface area contributed by atoms with Gasteiger partial charge in [-0.2, -0.15) is 0 Å². The molecule has 3 amide bonds. The predicted octanol–water partition coefficient (Wildman–Crippen LogP) is 3.61. The number of carbonyl (C=O) groups excluding carboxylic acids is 3. The number of benzene rings is 2. The van der Waals surface area contributed by atoms with E-state index in [1.165, 1.54) is 16.0 Å². The van der Waals surface area contributed by atoms with Crippen LogP contribution in [0.1, 0.15) is 60.7 Å². The molecular weight excluding hydrogens is 364 g/mol. The van der Waals surface area contributed by atoms with Crippen LogP contribution >= 0.6 is 0 Å². The number of rotatable bonds is 6. The van der Waals surface area contributed by atoms with Crippen molar-refractivity contribution in [3.63, 3.8) is 0 Å². The molecule has 0 saturated carbocycles. The molecule has 0 atom stereocenters. The molecule has 152 valence electrons. The van der Waals surface area contributed by atoms with Gasteiger partial charge in [-0.05, 0) is 40.7 Å². The summed E-state index contributed by atoms with van der Waals surface area (Å²) >= 11 is 0. The molecule has 2 aromatic carbocycles. The second kappa shape index (κ2) is 8.60. The molecule has 1 fully saturated rings. The van der Waals surface area contributed by atoms with Gasteiger partial charge >= 0.3 is 0 Å². The largest absolute Gasteiger partial charge is 0.352 e. The van der Waals surface area contributed by atoms with Gasteiger partial charge in [0.05, 0.1) is 6.54 Å². The SMILES string of the molecule is CC(C)(C)c1ccc(CCNC(=O)c2ccc(CN3C(=O)CCC3=O)cc2)cc1. The second-order valence-corrected chi connectivity index (χ2v) is 8.52. The molecule has 1 aliphatic rings. The lowest BCUT2D eigenvalue weighted by molar-refractivity contribution is -0.139. The van der Waals surface area contributed by atoms with E-state index in [1.54, 1.807) is 24.3 Å². The third kappa shape index (κ3) is 5.31. The Morgan fingerprint density at radius 2 is 1.45 bits per heavy atom. The minimum absolute atomic E-state index is 0.129. The zero-order chi connectivity index (χ0) is 21.0. The standard InChI is InChI=1S/C24H28N2O3/c1-24(2,3)20-10-6-17(7-11-20)14-15-25-23(29)19-8-4-18(5-9-19)16-26-21(27)12-13-22(26)28/h4-11H,12-16H2,1-3H3,(H,25,29). The molecule has 0 radical (unpaired) electrons. The number of likely N-dealkylation sites (tertiary alicyclic amines) is 1. The van der Waals surface area contributed by atoms with Crippen molar-refractivity contribution in [3.05, 3.63) is 70.8 Å². The van der Waals surface area contributed by atoms with Gasteiger partial charge in [-0.1, -0.05) is 57.2 Å². The molecule has 1 saturated heterocycles. The van der Waals surface area contributed by atoms with E-state index in [9.17, 15) is 14.4 Å². The smallest absolute Gasteiger partial charge is 0.251 e. The molecule has 1 heterocycles. The van der Waals surface area contributed by atoms with Crippen molar-refractivity contribution >= 4 is 17.7 Å². The van der Waals surface area contributed by atoms with Gasteiger partial charge < -0.3 is 5.32 Å². The predicted molar refractivity (Wildman–Crippen MR) is 112 cm³/mol. The maximum Gasteiger partial charge on any atom is 0.251 e. The molecule has 0 bridgehead atoms. The Morgan fingerprint density at radius 1 is 0.897 bits per heavy atom. The Hall–Kier alpha value is -2.95. The van der Waals surface area contributed by atoms with Gasteiger partial charge in [0, 0.05) is 24.9 Å². The normalized spacial score (nSPS) is 14.4. The molecule has 5 nitrogen and oxygen atoms in total. The Labute approximate surface area is 172 Å². The van der Waals surface area contributed by atoms with Gasteiger partial charge in [0.1, 0.15) is 0 Å². The highest BCUT2D eigenvalue weighted by Crippen LogP contribution is 2.22. The van der Waals surface area contributed by atoms with E-state index in [-0.39, 0.29) is 42.5 Å². The number of nitrogens with one attached hydrogen (secondary N) is 1. The monoisotopic (exact) mass is 392 g/mol. The lowest BCUT2D eigenvalue weighted by atomic mass is 9.86. The van der Waals surface area contributed by atoms with E-state index >= 15 is 0 Å². The van der Waals surface area contributed by atoms with Gasteiger partial charge in [-0.3, -0.25) is 19.3 Å². The zero-order valence-electron chi connectivity index (χ0n) is 17.3. The molecule has 1 N–H and O–H groups in total. The summed E-state index contributed by atoms with van der Waals surface area (Å²) in [5.74, 6) is -0.393. The molecule has 0 spiro atoms. The zero-order valence-corrected chi connectivity index (χ0v) is 17.3. The molecule has 29 heavy (non-hydrogen) atoms. The average molecular weight is 392 g/mol. The molecule has 0 unspecified atom stereocenters. The summed E-state index contributed by atoms with van der Waals surface area (Å²) in [5, 5.41) is 2.94. The molecular formula is C24H28N2O3. The summed E-state index contributed by atoms with van der Waals surface area (Å²) in [6.45, 7) is 7.40. The first-order chi connectivity index (χ1) is 13.7. The maximum atomic E-state index is 12.4. The van der Waals surface area contributed by atoms with Crippen LogP contribution in [-0.4, -0.2) is 29.2 Å². The lowest BCUT2D eigenvalue weighted by Gasteiger charge is -2.19. The van der Waals surface area contributed by atoms with Crippen molar-refractivity contribution in [1.29, 1.82) is 0 Å². The van der Waals surface area contributed by atoms with Gasteiger partial charge in [-0.25, -0.2) is 0 Å². The van der Waals surface area contributed by atoms with Gasteiger partial charge in [0.2, 0.25) is 11.8 Å².